The Morgan fingerprint density at radius 3 is 2.83 bits per heavy atom. The predicted molar refractivity (Wildman–Crippen MR) is 95.3 cm³/mol. The summed E-state index contributed by atoms with van der Waals surface area (Å²) in [5.74, 6) is 0.0127. The van der Waals surface area contributed by atoms with Crippen molar-refractivity contribution in [2.45, 2.75) is 25.8 Å². The fraction of sp³-hybridized carbons (Fsp3) is 0.250. The summed E-state index contributed by atoms with van der Waals surface area (Å²) in [6, 6.07) is 12.6. The van der Waals surface area contributed by atoms with Gasteiger partial charge >= 0.3 is 0 Å². The maximum absolute atomic E-state index is 13.1. The van der Waals surface area contributed by atoms with Crippen molar-refractivity contribution in [1.29, 1.82) is 0 Å². The number of aromatic amines is 1. The molecule has 4 heteroatoms. The smallest absolute Gasteiger partial charge is 0.255 e. The van der Waals surface area contributed by atoms with Crippen molar-refractivity contribution in [3.05, 3.63) is 64.3 Å². The van der Waals surface area contributed by atoms with E-state index >= 15 is 0 Å². The molecule has 3 aromatic rings. The highest BCUT2D eigenvalue weighted by molar-refractivity contribution is 6.10. The third-order valence-corrected chi connectivity index (χ3v) is 5.42. The van der Waals surface area contributed by atoms with E-state index in [9.17, 15) is 4.79 Å². The van der Waals surface area contributed by atoms with E-state index in [4.69, 9.17) is 0 Å². The van der Waals surface area contributed by atoms with Crippen molar-refractivity contribution < 1.29 is 4.79 Å². The molecule has 0 saturated carbocycles. The fourth-order valence-electron chi connectivity index (χ4n) is 4.43. The molecule has 0 radical (unpaired) electrons. The van der Waals surface area contributed by atoms with Crippen LogP contribution in [0.4, 0.5) is 5.69 Å². The lowest BCUT2D eigenvalue weighted by Crippen LogP contribution is -2.53. The minimum Gasteiger partial charge on any atom is -0.356 e. The van der Waals surface area contributed by atoms with Gasteiger partial charge in [0, 0.05) is 28.7 Å². The summed E-state index contributed by atoms with van der Waals surface area (Å²) in [5.41, 5.74) is 6.81. The summed E-state index contributed by atoms with van der Waals surface area (Å²) in [6.45, 7) is 4.92. The van der Waals surface area contributed by atoms with Gasteiger partial charge in [-0.1, -0.05) is 35.9 Å². The van der Waals surface area contributed by atoms with Crippen LogP contribution in [0, 0.1) is 13.8 Å². The average Bonchev–Trinajstić information content (AvgIpc) is 3.07. The molecular weight excluding hydrogens is 298 g/mol. The van der Waals surface area contributed by atoms with E-state index in [-0.39, 0.29) is 5.91 Å². The third-order valence-electron chi connectivity index (χ3n) is 5.42. The lowest BCUT2D eigenvalue weighted by molar-refractivity contribution is -0.120. The Morgan fingerprint density at radius 2 is 1.96 bits per heavy atom. The van der Waals surface area contributed by atoms with Crippen molar-refractivity contribution in [1.82, 2.24) is 10.3 Å². The molecule has 2 aromatic carbocycles. The number of amides is 1. The maximum atomic E-state index is 13.1. The number of H-pyrrole nitrogens is 1. The highest BCUT2D eigenvalue weighted by Crippen LogP contribution is 2.46. The van der Waals surface area contributed by atoms with Crippen LogP contribution in [0.2, 0.25) is 0 Å². The van der Waals surface area contributed by atoms with Gasteiger partial charge < -0.3 is 10.3 Å². The third kappa shape index (κ3) is 1.54. The lowest BCUT2D eigenvalue weighted by atomic mass is 9.81. The molecule has 120 valence electrons. The van der Waals surface area contributed by atoms with Crippen LogP contribution in [-0.2, 0) is 16.8 Å². The van der Waals surface area contributed by atoms with Gasteiger partial charge in [-0.15, -0.1) is 0 Å². The number of hydrogen-bond donors (Lipinski definition) is 3. The number of carbonyl (C=O) groups is 1. The van der Waals surface area contributed by atoms with Gasteiger partial charge in [-0.25, -0.2) is 0 Å². The van der Waals surface area contributed by atoms with Crippen LogP contribution in [0.25, 0.3) is 10.9 Å². The molecule has 1 aromatic heterocycles. The van der Waals surface area contributed by atoms with Crippen molar-refractivity contribution >= 4 is 22.5 Å². The minimum absolute atomic E-state index is 0.0127. The Balaban J connectivity index is 1.87. The topological polar surface area (TPSA) is 56.9 Å². The molecule has 3 N–H and O–H groups in total. The van der Waals surface area contributed by atoms with Gasteiger partial charge in [-0.2, -0.15) is 0 Å². The number of hydrogen-bond acceptors (Lipinski definition) is 2. The SMILES string of the molecule is Cc1cc(C)c2c(c1)C1(NCCc3c1[nH]c1ccccc31)C(=O)N2. The maximum Gasteiger partial charge on any atom is 0.255 e. The molecule has 0 aliphatic carbocycles. The lowest BCUT2D eigenvalue weighted by Gasteiger charge is -2.33. The van der Waals surface area contributed by atoms with E-state index in [2.05, 4.69) is 59.8 Å². The van der Waals surface area contributed by atoms with Crippen molar-refractivity contribution in [3.63, 3.8) is 0 Å². The number of nitrogens with one attached hydrogen (secondary N) is 3. The Labute approximate surface area is 140 Å². The number of carbonyl (C=O) groups excluding carboxylic acids is 1. The zero-order valence-electron chi connectivity index (χ0n) is 13.8. The van der Waals surface area contributed by atoms with Gasteiger partial charge in [0.15, 0.2) is 5.54 Å². The van der Waals surface area contributed by atoms with Gasteiger partial charge in [0.1, 0.15) is 0 Å². The Bertz CT molecular complexity index is 1020. The zero-order valence-corrected chi connectivity index (χ0v) is 13.8. The quantitative estimate of drug-likeness (QED) is 0.597. The second kappa shape index (κ2) is 4.48. The summed E-state index contributed by atoms with van der Waals surface area (Å²) in [4.78, 5) is 16.7. The number of benzene rings is 2. The fourth-order valence-corrected chi connectivity index (χ4v) is 4.43. The van der Waals surface area contributed by atoms with Crippen LogP contribution >= 0.6 is 0 Å². The number of aromatic nitrogens is 1. The van der Waals surface area contributed by atoms with Crippen LogP contribution in [-0.4, -0.2) is 17.4 Å². The van der Waals surface area contributed by atoms with Gasteiger partial charge in [-0.3, -0.25) is 10.1 Å². The minimum atomic E-state index is -0.807. The molecular formula is C20H19N3O. The van der Waals surface area contributed by atoms with E-state index in [1.807, 2.05) is 6.07 Å². The highest BCUT2D eigenvalue weighted by Gasteiger charge is 2.52. The van der Waals surface area contributed by atoms with E-state index in [0.717, 1.165) is 41.0 Å². The van der Waals surface area contributed by atoms with E-state index in [1.165, 1.54) is 16.5 Å². The zero-order chi connectivity index (χ0) is 16.5. The highest BCUT2D eigenvalue weighted by atomic mass is 16.2. The van der Waals surface area contributed by atoms with Crippen LogP contribution < -0.4 is 10.6 Å². The summed E-state index contributed by atoms with van der Waals surface area (Å²) in [7, 11) is 0. The molecule has 1 spiro atoms. The number of aryl methyl sites for hydroxylation is 2. The molecule has 1 atom stereocenters. The Hall–Kier alpha value is -2.59. The van der Waals surface area contributed by atoms with E-state index in [1.54, 1.807) is 0 Å². The molecule has 0 saturated heterocycles. The summed E-state index contributed by atoms with van der Waals surface area (Å²) >= 11 is 0. The number of anilines is 1. The molecule has 1 amide bonds. The summed E-state index contributed by atoms with van der Waals surface area (Å²) in [6.07, 6.45) is 0.925. The molecule has 0 bridgehead atoms. The molecule has 3 heterocycles. The Kier molecular flexibility index (Phi) is 2.58. The van der Waals surface area contributed by atoms with E-state index in [0.29, 0.717) is 0 Å². The first-order chi connectivity index (χ1) is 11.6. The summed E-state index contributed by atoms with van der Waals surface area (Å²) < 4.78 is 0. The number of fused-ring (bicyclic) bond motifs is 6. The van der Waals surface area contributed by atoms with Crippen LogP contribution in [0.15, 0.2) is 36.4 Å². The monoisotopic (exact) mass is 317 g/mol. The largest absolute Gasteiger partial charge is 0.356 e. The number of para-hydroxylation sites is 1. The second-order valence-electron chi connectivity index (χ2n) is 6.91. The molecule has 24 heavy (non-hydrogen) atoms. The van der Waals surface area contributed by atoms with Gasteiger partial charge in [0.05, 0.1) is 5.69 Å². The Morgan fingerprint density at radius 1 is 1.12 bits per heavy atom. The molecule has 5 rings (SSSR count). The first kappa shape index (κ1) is 13.8. The first-order valence-corrected chi connectivity index (χ1v) is 8.39. The molecule has 1 unspecified atom stereocenters. The van der Waals surface area contributed by atoms with Crippen LogP contribution in [0.5, 0.6) is 0 Å². The standard InChI is InChI=1S/C20H19N3O/c1-11-9-12(2)17-15(10-11)20(19(24)23-17)18-14(7-8-21-20)13-5-3-4-6-16(13)22-18/h3-6,9-10,21-22H,7-8H2,1-2H3,(H,23,24). The van der Waals surface area contributed by atoms with Crippen molar-refractivity contribution in [3.8, 4) is 0 Å². The molecule has 2 aliphatic heterocycles. The predicted octanol–water partition coefficient (Wildman–Crippen LogP) is 3.13. The van der Waals surface area contributed by atoms with E-state index < -0.39 is 5.54 Å². The van der Waals surface area contributed by atoms with Crippen LogP contribution in [0.1, 0.15) is 27.9 Å². The van der Waals surface area contributed by atoms with Crippen molar-refractivity contribution in [2.24, 2.45) is 0 Å². The molecule has 0 fully saturated rings. The second-order valence-corrected chi connectivity index (χ2v) is 6.91. The first-order valence-electron chi connectivity index (χ1n) is 8.39. The molecule has 4 nitrogen and oxygen atoms in total. The van der Waals surface area contributed by atoms with Gasteiger partial charge in [0.25, 0.3) is 5.91 Å². The van der Waals surface area contributed by atoms with Gasteiger partial charge in [0.2, 0.25) is 0 Å². The average molecular weight is 317 g/mol. The van der Waals surface area contributed by atoms with Crippen molar-refractivity contribution in [2.75, 3.05) is 11.9 Å². The summed E-state index contributed by atoms with van der Waals surface area (Å²) in [5, 5.41) is 7.87. The molecule has 2 aliphatic rings. The van der Waals surface area contributed by atoms with Crippen LogP contribution in [0.3, 0.4) is 0 Å². The normalized spacial score (nSPS) is 21.8. The van der Waals surface area contributed by atoms with Gasteiger partial charge in [-0.05, 0) is 37.5 Å². The number of rotatable bonds is 0.